The lowest BCUT2D eigenvalue weighted by Gasteiger charge is -2.13. The van der Waals surface area contributed by atoms with Crippen molar-refractivity contribution in [3.63, 3.8) is 0 Å². The van der Waals surface area contributed by atoms with Crippen molar-refractivity contribution in [3.05, 3.63) is 33.5 Å². The Hall–Kier alpha value is -0.190. The summed E-state index contributed by atoms with van der Waals surface area (Å²) in [6, 6.07) is 2.69. The zero-order valence-electron chi connectivity index (χ0n) is 8.27. The van der Waals surface area contributed by atoms with Gasteiger partial charge in [0.25, 0.3) is 0 Å². The first-order chi connectivity index (χ1) is 6.56. The van der Waals surface area contributed by atoms with Crippen LogP contribution in [0.3, 0.4) is 0 Å². The Morgan fingerprint density at radius 1 is 1.47 bits per heavy atom. The van der Waals surface area contributed by atoms with E-state index in [0.29, 0.717) is 11.1 Å². The minimum absolute atomic E-state index is 0. The number of rotatable bonds is 3. The van der Waals surface area contributed by atoms with Gasteiger partial charge in [0.15, 0.2) is 0 Å². The quantitative estimate of drug-likeness (QED) is 0.905. The van der Waals surface area contributed by atoms with Crippen molar-refractivity contribution in [2.45, 2.75) is 19.4 Å². The third kappa shape index (κ3) is 3.70. The van der Waals surface area contributed by atoms with E-state index in [0.717, 1.165) is 4.47 Å². The standard InChI is InChI=1S/C10H12BrF2N.ClH/c1-6-4-7(11)5-8(10(6)13)9(14)2-3-12;/h4-5,9H,2-3,14H2,1H3;1H/t9-;/m1./s1. The third-order valence-electron chi connectivity index (χ3n) is 2.07. The van der Waals surface area contributed by atoms with Gasteiger partial charge >= 0.3 is 0 Å². The second kappa shape index (κ2) is 6.40. The number of benzene rings is 1. The highest BCUT2D eigenvalue weighted by Gasteiger charge is 2.13. The van der Waals surface area contributed by atoms with Gasteiger partial charge < -0.3 is 5.73 Å². The summed E-state index contributed by atoms with van der Waals surface area (Å²) in [5, 5.41) is 0. The van der Waals surface area contributed by atoms with Gasteiger partial charge in [-0.25, -0.2) is 4.39 Å². The summed E-state index contributed by atoms with van der Waals surface area (Å²) in [5.41, 5.74) is 6.53. The van der Waals surface area contributed by atoms with Gasteiger partial charge in [-0.15, -0.1) is 12.4 Å². The van der Waals surface area contributed by atoms with E-state index in [1.54, 1.807) is 19.1 Å². The van der Waals surface area contributed by atoms with Gasteiger partial charge in [0, 0.05) is 16.1 Å². The molecule has 2 N–H and O–H groups in total. The van der Waals surface area contributed by atoms with E-state index in [9.17, 15) is 8.78 Å². The topological polar surface area (TPSA) is 26.0 Å². The second-order valence-corrected chi connectivity index (χ2v) is 4.13. The second-order valence-electron chi connectivity index (χ2n) is 3.21. The fourth-order valence-electron chi connectivity index (χ4n) is 1.29. The Bertz CT molecular complexity index is 333. The maximum atomic E-state index is 13.5. The van der Waals surface area contributed by atoms with Crippen molar-refractivity contribution in [3.8, 4) is 0 Å². The van der Waals surface area contributed by atoms with Crippen molar-refractivity contribution in [2.24, 2.45) is 5.73 Å². The lowest BCUT2D eigenvalue weighted by atomic mass is 10.0. The minimum Gasteiger partial charge on any atom is -0.324 e. The number of hydrogen-bond acceptors (Lipinski definition) is 1. The predicted octanol–water partition coefficient (Wildman–Crippen LogP) is 3.68. The summed E-state index contributed by atoms with van der Waals surface area (Å²) in [4.78, 5) is 0. The van der Waals surface area contributed by atoms with E-state index in [1.165, 1.54) is 0 Å². The third-order valence-corrected chi connectivity index (χ3v) is 2.52. The zero-order chi connectivity index (χ0) is 10.7. The summed E-state index contributed by atoms with van der Waals surface area (Å²) < 4.78 is 26.3. The molecule has 5 heteroatoms. The Labute approximate surface area is 103 Å². The maximum absolute atomic E-state index is 13.5. The molecule has 0 unspecified atom stereocenters. The average molecular weight is 301 g/mol. The molecule has 15 heavy (non-hydrogen) atoms. The van der Waals surface area contributed by atoms with Gasteiger partial charge in [0.2, 0.25) is 0 Å². The number of halogens is 4. The van der Waals surface area contributed by atoms with Crippen LogP contribution in [0, 0.1) is 12.7 Å². The van der Waals surface area contributed by atoms with Crippen molar-refractivity contribution in [1.82, 2.24) is 0 Å². The van der Waals surface area contributed by atoms with Crippen LogP contribution in [0.1, 0.15) is 23.6 Å². The molecule has 0 spiro atoms. The molecule has 0 amide bonds. The molecule has 1 rings (SSSR count). The molecule has 0 fully saturated rings. The number of hydrogen-bond donors (Lipinski definition) is 1. The van der Waals surface area contributed by atoms with E-state index in [1.807, 2.05) is 0 Å². The molecule has 0 radical (unpaired) electrons. The number of aryl methyl sites for hydroxylation is 1. The van der Waals surface area contributed by atoms with Crippen LogP contribution in [0.4, 0.5) is 8.78 Å². The van der Waals surface area contributed by atoms with Crippen LogP contribution in [0.15, 0.2) is 16.6 Å². The zero-order valence-corrected chi connectivity index (χ0v) is 10.7. The average Bonchev–Trinajstić information content (AvgIpc) is 2.11. The van der Waals surface area contributed by atoms with Crippen LogP contribution >= 0.6 is 28.3 Å². The summed E-state index contributed by atoms with van der Waals surface area (Å²) in [6.45, 7) is 1.12. The van der Waals surface area contributed by atoms with Gasteiger partial charge in [-0.05, 0) is 31.0 Å². The Kier molecular flexibility index (Phi) is 6.32. The number of alkyl halides is 1. The first-order valence-electron chi connectivity index (χ1n) is 4.33. The predicted molar refractivity (Wildman–Crippen MR) is 63.6 cm³/mol. The maximum Gasteiger partial charge on any atom is 0.130 e. The van der Waals surface area contributed by atoms with E-state index in [-0.39, 0.29) is 24.6 Å². The van der Waals surface area contributed by atoms with Crippen LogP contribution in [-0.4, -0.2) is 6.67 Å². The van der Waals surface area contributed by atoms with Crippen molar-refractivity contribution in [2.75, 3.05) is 6.67 Å². The summed E-state index contributed by atoms with van der Waals surface area (Å²) >= 11 is 3.25. The van der Waals surface area contributed by atoms with E-state index in [2.05, 4.69) is 15.9 Å². The fourth-order valence-corrected chi connectivity index (χ4v) is 1.88. The number of nitrogens with two attached hydrogens (primary N) is 1. The van der Waals surface area contributed by atoms with Crippen LogP contribution in [-0.2, 0) is 0 Å². The SMILES string of the molecule is Cc1cc(Br)cc([C@H](N)CCF)c1F.Cl. The van der Waals surface area contributed by atoms with Crippen LogP contribution in [0.2, 0.25) is 0 Å². The van der Waals surface area contributed by atoms with Crippen LogP contribution in [0.25, 0.3) is 0 Å². The smallest absolute Gasteiger partial charge is 0.130 e. The lowest BCUT2D eigenvalue weighted by Crippen LogP contribution is -2.13. The first kappa shape index (κ1) is 14.8. The first-order valence-corrected chi connectivity index (χ1v) is 5.12. The fraction of sp³-hybridized carbons (Fsp3) is 0.400. The van der Waals surface area contributed by atoms with Crippen molar-refractivity contribution in [1.29, 1.82) is 0 Å². The van der Waals surface area contributed by atoms with Crippen molar-refractivity contribution < 1.29 is 8.78 Å². The molecule has 0 bridgehead atoms. The summed E-state index contributed by atoms with van der Waals surface area (Å²) in [6.07, 6.45) is 0.146. The minimum atomic E-state index is -0.573. The van der Waals surface area contributed by atoms with E-state index >= 15 is 0 Å². The molecule has 0 aliphatic heterocycles. The molecule has 1 atom stereocenters. The molecule has 1 nitrogen and oxygen atoms in total. The highest BCUT2D eigenvalue weighted by atomic mass is 79.9. The normalized spacial score (nSPS) is 12.1. The molecule has 0 saturated heterocycles. The van der Waals surface area contributed by atoms with Gasteiger partial charge in [0.05, 0.1) is 6.67 Å². The lowest BCUT2D eigenvalue weighted by molar-refractivity contribution is 0.434. The van der Waals surface area contributed by atoms with Gasteiger partial charge in [-0.3, -0.25) is 4.39 Å². The molecule has 1 aromatic carbocycles. The Morgan fingerprint density at radius 2 is 2.07 bits per heavy atom. The van der Waals surface area contributed by atoms with Crippen LogP contribution in [0.5, 0.6) is 0 Å². The summed E-state index contributed by atoms with van der Waals surface area (Å²) in [7, 11) is 0. The largest absolute Gasteiger partial charge is 0.324 e. The molecular formula is C10H13BrClF2N. The highest BCUT2D eigenvalue weighted by Crippen LogP contribution is 2.25. The Balaban J connectivity index is 0.00000196. The molecule has 0 aliphatic rings. The Morgan fingerprint density at radius 3 is 2.60 bits per heavy atom. The van der Waals surface area contributed by atoms with Crippen LogP contribution < -0.4 is 5.73 Å². The molecule has 1 aromatic rings. The van der Waals surface area contributed by atoms with Gasteiger partial charge in [-0.1, -0.05) is 15.9 Å². The molecule has 86 valence electrons. The summed E-state index contributed by atoms with van der Waals surface area (Å²) in [5.74, 6) is -0.339. The molecule has 0 heterocycles. The van der Waals surface area contributed by atoms with E-state index in [4.69, 9.17) is 5.73 Å². The van der Waals surface area contributed by atoms with Gasteiger partial charge in [0.1, 0.15) is 5.82 Å². The van der Waals surface area contributed by atoms with E-state index < -0.39 is 12.7 Å². The molecule has 0 aliphatic carbocycles. The molecule has 0 aromatic heterocycles. The van der Waals surface area contributed by atoms with Gasteiger partial charge in [-0.2, -0.15) is 0 Å². The highest BCUT2D eigenvalue weighted by molar-refractivity contribution is 9.10. The molecule has 0 saturated carbocycles. The van der Waals surface area contributed by atoms with Crippen molar-refractivity contribution >= 4 is 28.3 Å². The monoisotopic (exact) mass is 299 g/mol. The molecular weight excluding hydrogens is 287 g/mol.